The zero-order valence-corrected chi connectivity index (χ0v) is 10.9. The van der Waals surface area contributed by atoms with Crippen LogP contribution in [-0.4, -0.2) is 22.2 Å². The van der Waals surface area contributed by atoms with Crippen LogP contribution in [0.5, 0.6) is 0 Å². The Labute approximate surface area is 117 Å². The molecule has 0 aliphatic carbocycles. The van der Waals surface area contributed by atoms with E-state index in [1.165, 1.54) is 42.5 Å². The minimum Gasteiger partial charge on any atom is -0.478 e. The van der Waals surface area contributed by atoms with Crippen molar-refractivity contribution in [2.24, 2.45) is 0 Å². The second-order valence-corrected chi connectivity index (χ2v) is 4.93. The Kier molecular flexibility index (Phi) is 4.05. The van der Waals surface area contributed by atoms with Crippen molar-refractivity contribution in [3.05, 3.63) is 59.4 Å². The van der Waals surface area contributed by atoms with Gasteiger partial charge in [0.2, 0.25) is 0 Å². The molecule has 0 saturated carbocycles. The van der Waals surface area contributed by atoms with Gasteiger partial charge in [-0.25, -0.2) is 14.0 Å². The van der Waals surface area contributed by atoms with Gasteiger partial charge in [0.25, 0.3) is 0 Å². The molecule has 0 aromatic heterocycles. The molecule has 0 bridgehead atoms. The highest BCUT2D eigenvalue weighted by atomic mass is 32.2. The summed E-state index contributed by atoms with van der Waals surface area (Å²) in [5.74, 6) is -2.84. The average Bonchev–Trinajstić information content (AvgIpc) is 2.41. The molecule has 2 N–H and O–H groups in total. The molecule has 0 fully saturated rings. The number of carbonyl (C=O) groups is 2. The molecule has 2 rings (SSSR count). The van der Waals surface area contributed by atoms with E-state index in [0.717, 1.165) is 11.8 Å². The van der Waals surface area contributed by atoms with E-state index in [4.69, 9.17) is 10.2 Å². The molecular weight excluding hydrogens is 283 g/mol. The topological polar surface area (TPSA) is 74.6 Å². The van der Waals surface area contributed by atoms with Crippen LogP contribution >= 0.6 is 11.8 Å². The molecule has 0 radical (unpaired) electrons. The zero-order valence-electron chi connectivity index (χ0n) is 10.0. The lowest BCUT2D eigenvalue weighted by Crippen LogP contribution is -2.06. The Morgan fingerprint density at radius 3 is 1.85 bits per heavy atom. The van der Waals surface area contributed by atoms with Crippen LogP contribution in [0.15, 0.2) is 52.3 Å². The summed E-state index contributed by atoms with van der Waals surface area (Å²) in [7, 11) is 0. The molecular formula is C14H9FO4S. The number of hydrogen-bond donors (Lipinski definition) is 2. The third-order valence-corrected chi connectivity index (χ3v) is 3.66. The minimum atomic E-state index is -1.21. The summed E-state index contributed by atoms with van der Waals surface area (Å²) in [5.41, 5.74) is -0.196. The van der Waals surface area contributed by atoms with Crippen molar-refractivity contribution in [3.63, 3.8) is 0 Å². The van der Waals surface area contributed by atoms with Gasteiger partial charge in [-0.15, -0.1) is 0 Å². The van der Waals surface area contributed by atoms with Crippen molar-refractivity contribution < 1.29 is 24.2 Å². The molecule has 0 aliphatic heterocycles. The van der Waals surface area contributed by atoms with Crippen LogP contribution in [-0.2, 0) is 0 Å². The summed E-state index contributed by atoms with van der Waals surface area (Å²) >= 11 is 0.978. The third kappa shape index (κ3) is 2.97. The lowest BCUT2D eigenvalue weighted by Gasteiger charge is -2.09. The van der Waals surface area contributed by atoms with Crippen LogP contribution in [0.1, 0.15) is 20.7 Å². The fourth-order valence-electron chi connectivity index (χ4n) is 1.60. The van der Waals surface area contributed by atoms with Gasteiger partial charge in [0.05, 0.1) is 11.1 Å². The lowest BCUT2D eigenvalue weighted by molar-refractivity contribution is 0.0690. The van der Waals surface area contributed by atoms with Crippen LogP contribution < -0.4 is 0 Å². The van der Waals surface area contributed by atoms with Crippen LogP contribution in [0.25, 0.3) is 0 Å². The number of carboxylic acid groups (broad SMARTS) is 2. The first kappa shape index (κ1) is 14.1. The van der Waals surface area contributed by atoms with Crippen molar-refractivity contribution in [2.75, 3.05) is 0 Å². The number of hydrogen-bond acceptors (Lipinski definition) is 3. The van der Waals surface area contributed by atoms with E-state index in [1.54, 1.807) is 0 Å². The van der Waals surface area contributed by atoms with Gasteiger partial charge in [0.1, 0.15) is 5.82 Å². The molecule has 0 saturated heterocycles. The van der Waals surface area contributed by atoms with Gasteiger partial charge >= 0.3 is 11.9 Å². The predicted molar refractivity (Wildman–Crippen MR) is 70.9 cm³/mol. The monoisotopic (exact) mass is 292 g/mol. The highest BCUT2D eigenvalue weighted by molar-refractivity contribution is 7.99. The van der Waals surface area contributed by atoms with Gasteiger partial charge in [0, 0.05) is 9.79 Å². The molecule has 4 nitrogen and oxygen atoms in total. The van der Waals surface area contributed by atoms with Gasteiger partial charge in [0.15, 0.2) is 0 Å². The van der Waals surface area contributed by atoms with Crippen molar-refractivity contribution >= 4 is 23.7 Å². The van der Waals surface area contributed by atoms with Gasteiger partial charge < -0.3 is 10.2 Å². The number of carboxylic acids is 2. The number of halogens is 1. The smallest absolute Gasteiger partial charge is 0.336 e. The minimum absolute atomic E-state index is 0.0979. The molecule has 0 heterocycles. The fourth-order valence-corrected chi connectivity index (χ4v) is 2.64. The summed E-state index contributed by atoms with van der Waals surface area (Å²) < 4.78 is 12.8. The zero-order chi connectivity index (χ0) is 14.7. The highest BCUT2D eigenvalue weighted by Crippen LogP contribution is 2.33. The van der Waals surface area contributed by atoms with Crippen molar-refractivity contribution in [1.82, 2.24) is 0 Å². The van der Waals surface area contributed by atoms with Gasteiger partial charge in [-0.05, 0) is 36.4 Å². The standard InChI is InChI=1S/C14H9FO4S/c15-8-4-6-9(7-5-8)20-12-10(13(16)17)2-1-3-11(12)14(18)19/h1-7H,(H,16,17)(H,18,19). The molecule has 102 valence electrons. The predicted octanol–water partition coefficient (Wildman–Crippen LogP) is 3.37. The van der Waals surface area contributed by atoms with Crippen LogP contribution in [0.2, 0.25) is 0 Å². The molecule has 0 atom stereocenters. The average molecular weight is 292 g/mol. The van der Waals surface area contributed by atoms with Gasteiger partial charge in [-0.2, -0.15) is 0 Å². The van der Waals surface area contributed by atoms with E-state index in [0.29, 0.717) is 4.90 Å². The maximum absolute atomic E-state index is 12.8. The Hall–Kier alpha value is -2.34. The number of aromatic carboxylic acids is 2. The van der Waals surface area contributed by atoms with E-state index < -0.39 is 17.8 Å². The van der Waals surface area contributed by atoms with Crippen molar-refractivity contribution in [3.8, 4) is 0 Å². The molecule has 0 aliphatic rings. The molecule has 6 heteroatoms. The summed E-state index contributed by atoms with van der Waals surface area (Å²) in [4.78, 5) is 23.0. The molecule has 0 amide bonds. The number of benzene rings is 2. The van der Waals surface area contributed by atoms with Crippen molar-refractivity contribution in [2.45, 2.75) is 9.79 Å². The molecule has 2 aromatic carbocycles. The molecule has 20 heavy (non-hydrogen) atoms. The Morgan fingerprint density at radius 2 is 1.40 bits per heavy atom. The van der Waals surface area contributed by atoms with Gasteiger partial charge in [-0.3, -0.25) is 0 Å². The highest BCUT2D eigenvalue weighted by Gasteiger charge is 2.19. The SMILES string of the molecule is O=C(O)c1cccc(C(=O)O)c1Sc1ccc(F)cc1. The largest absolute Gasteiger partial charge is 0.478 e. The van der Waals surface area contributed by atoms with E-state index in [2.05, 4.69) is 0 Å². The normalized spacial score (nSPS) is 10.2. The second kappa shape index (κ2) is 5.75. The Morgan fingerprint density at radius 1 is 0.900 bits per heavy atom. The van der Waals surface area contributed by atoms with Crippen LogP contribution in [0.4, 0.5) is 4.39 Å². The summed E-state index contributed by atoms with van der Waals surface area (Å²) in [6.45, 7) is 0. The van der Waals surface area contributed by atoms with E-state index in [-0.39, 0.29) is 16.0 Å². The quantitative estimate of drug-likeness (QED) is 0.903. The van der Waals surface area contributed by atoms with Gasteiger partial charge in [-0.1, -0.05) is 17.8 Å². The first-order valence-electron chi connectivity index (χ1n) is 5.52. The van der Waals surface area contributed by atoms with Crippen LogP contribution in [0.3, 0.4) is 0 Å². The Balaban J connectivity index is 2.50. The number of rotatable bonds is 4. The molecule has 0 unspecified atom stereocenters. The first-order valence-corrected chi connectivity index (χ1v) is 6.33. The second-order valence-electron chi connectivity index (χ2n) is 3.85. The summed E-state index contributed by atoms with van der Waals surface area (Å²) in [6, 6.07) is 9.43. The van der Waals surface area contributed by atoms with Crippen molar-refractivity contribution in [1.29, 1.82) is 0 Å². The first-order chi connectivity index (χ1) is 9.49. The summed E-state index contributed by atoms with van der Waals surface area (Å²) in [6.07, 6.45) is 0. The summed E-state index contributed by atoms with van der Waals surface area (Å²) in [5, 5.41) is 18.3. The third-order valence-electron chi connectivity index (χ3n) is 2.51. The van der Waals surface area contributed by atoms with Crippen LogP contribution in [0, 0.1) is 5.82 Å². The molecule has 0 spiro atoms. The maximum Gasteiger partial charge on any atom is 0.336 e. The van der Waals surface area contributed by atoms with E-state index in [9.17, 15) is 14.0 Å². The lowest BCUT2D eigenvalue weighted by atomic mass is 10.1. The fraction of sp³-hybridized carbons (Fsp3) is 0. The maximum atomic E-state index is 12.8. The van der Waals surface area contributed by atoms with E-state index in [1.807, 2.05) is 0 Å². The molecule has 2 aromatic rings. The Bertz CT molecular complexity index is 635. The van der Waals surface area contributed by atoms with E-state index >= 15 is 0 Å².